The molecule has 1 aromatic carbocycles. The minimum absolute atomic E-state index is 0.248. The summed E-state index contributed by atoms with van der Waals surface area (Å²) in [5.74, 6) is -1.01. The van der Waals surface area contributed by atoms with Crippen LogP contribution in [0.4, 0.5) is 9.18 Å². The Bertz CT molecular complexity index is 518. The van der Waals surface area contributed by atoms with E-state index in [1.165, 1.54) is 17.0 Å². The van der Waals surface area contributed by atoms with E-state index < -0.39 is 18.0 Å². The molecule has 0 aromatic heterocycles. The standard InChI is InChI=1S/C15H19FN2O3/c1-10-6-7-18(13(8-10)14(19)20)15(21)17-9-11-2-4-12(16)5-3-11/h2-5,10,13H,6-9H2,1H3,(H,17,21)(H,19,20). The van der Waals surface area contributed by atoms with Crippen molar-refractivity contribution in [3.05, 3.63) is 35.6 Å². The number of benzene rings is 1. The van der Waals surface area contributed by atoms with Crippen molar-refractivity contribution >= 4 is 12.0 Å². The van der Waals surface area contributed by atoms with E-state index in [2.05, 4.69) is 5.32 Å². The number of piperidine rings is 1. The lowest BCUT2D eigenvalue weighted by atomic mass is 9.93. The third-order valence-corrected chi connectivity index (χ3v) is 3.77. The van der Waals surface area contributed by atoms with E-state index in [-0.39, 0.29) is 12.4 Å². The fraction of sp³-hybridized carbons (Fsp3) is 0.467. The van der Waals surface area contributed by atoms with Gasteiger partial charge in [-0.25, -0.2) is 14.0 Å². The van der Waals surface area contributed by atoms with Gasteiger partial charge in [0, 0.05) is 13.1 Å². The summed E-state index contributed by atoms with van der Waals surface area (Å²) < 4.78 is 12.8. The molecule has 1 heterocycles. The van der Waals surface area contributed by atoms with Crippen LogP contribution in [0.15, 0.2) is 24.3 Å². The lowest BCUT2D eigenvalue weighted by Crippen LogP contribution is -2.53. The monoisotopic (exact) mass is 294 g/mol. The summed E-state index contributed by atoms with van der Waals surface area (Å²) in [6, 6.07) is 4.65. The van der Waals surface area contributed by atoms with Gasteiger partial charge >= 0.3 is 12.0 Å². The number of likely N-dealkylation sites (tertiary alicyclic amines) is 1. The van der Waals surface area contributed by atoms with Crippen LogP contribution >= 0.6 is 0 Å². The summed E-state index contributed by atoms with van der Waals surface area (Å²) in [6.45, 7) is 2.68. The van der Waals surface area contributed by atoms with Crippen LogP contribution in [0.2, 0.25) is 0 Å². The van der Waals surface area contributed by atoms with E-state index in [9.17, 15) is 19.1 Å². The minimum atomic E-state index is -0.974. The molecular weight excluding hydrogens is 275 g/mol. The van der Waals surface area contributed by atoms with Crippen molar-refractivity contribution in [2.45, 2.75) is 32.4 Å². The smallest absolute Gasteiger partial charge is 0.326 e. The van der Waals surface area contributed by atoms with Gasteiger partial charge in [-0.1, -0.05) is 19.1 Å². The number of nitrogens with zero attached hydrogens (tertiary/aromatic N) is 1. The fourth-order valence-corrected chi connectivity index (χ4v) is 2.50. The van der Waals surface area contributed by atoms with Gasteiger partial charge in [0.15, 0.2) is 0 Å². The number of carboxylic acids is 1. The molecule has 1 aliphatic rings. The zero-order valence-corrected chi connectivity index (χ0v) is 11.9. The first kappa shape index (κ1) is 15.3. The summed E-state index contributed by atoms with van der Waals surface area (Å²) in [4.78, 5) is 24.8. The zero-order valence-electron chi connectivity index (χ0n) is 11.9. The van der Waals surface area contributed by atoms with Crippen LogP contribution in [0.3, 0.4) is 0 Å². The van der Waals surface area contributed by atoms with Gasteiger partial charge in [0.05, 0.1) is 0 Å². The van der Waals surface area contributed by atoms with E-state index >= 15 is 0 Å². The molecule has 1 aromatic rings. The molecule has 1 saturated heterocycles. The van der Waals surface area contributed by atoms with Crippen LogP contribution in [0.25, 0.3) is 0 Å². The van der Waals surface area contributed by atoms with Crippen molar-refractivity contribution in [1.82, 2.24) is 10.2 Å². The van der Waals surface area contributed by atoms with Gasteiger partial charge in [-0.05, 0) is 36.5 Å². The Balaban J connectivity index is 1.95. The topological polar surface area (TPSA) is 69.6 Å². The molecule has 0 radical (unpaired) electrons. The van der Waals surface area contributed by atoms with Gasteiger partial charge in [0.1, 0.15) is 11.9 Å². The highest BCUT2D eigenvalue weighted by molar-refractivity contribution is 5.82. The number of amides is 2. The number of nitrogens with one attached hydrogen (secondary N) is 1. The first-order chi connectivity index (χ1) is 9.97. The molecule has 2 rings (SSSR count). The first-order valence-corrected chi connectivity index (χ1v) is 6.99. The number of hydrogen-bond donors (Lipinski definition) is 2. The van der Waals surface area contributed by atoms with Gasteiger partial charge in [-0.3, -0.25) is 0 Å². The third-order valence-electron chi connectivity index (χ3n) is 3.77. The van der Waals surface area contributed by atoms with Crippen molar-refractivity contribution in [2.75, 3.05) is 6.54 Å². The molecule has 0 spiro atoms. The predicted octanol–water partition coefficient (Wildman–Crippen LogP) is 2.22. The van der Waals surface area contributed by atoms with Gasteiger partial charge in [0.2, 0.25) is 0 Å². The Morgan fingerprint density at radius 2 is 2.05 bits per heavy atom. The molecule has 6 heteroatoms. The van der Waals surface area contributed by atoms with E-state index in [1.54, 1.807) is 12.1 Å². The third kappa shape index (κ3) is 3.93. The summed E-state index contributed by atoms with van der Waals surface area (Å²) in [5.41, 5.74) is 0.766. The van der Waals surface area contributed by atoms with E-state index in [1.807, 2.05) is 6.92 Å². The number of rotatable bonds is 3. The maximum Gasteiger partial charge on any atom is 0.326 e. The lowest BCUT2D eigenvalue weighted by Gasteiger charge is -2.35. The van der Waals surface area contributed by atoms with E-state index in [0.29, 0.717) is 18.9 Å². The average Bonchev–Trinajstić information content (AvgIpc) is 2.46. The summed E-state index contributed by atoms with van der Waals surface area (Å²) in [7, 11) is 0. The van der Waals surface area contributed by atoms with Crippen molar-refractivity contribution in [1.29, 1.82) is 0 Å². The molecule has 2 unspecified atom stereocenters. The van der Waals surface area contributed by atoms with Crippen LogP contribution in [-0.4, -0.2) is 34.6 Å². The molecule has 2 N–H and O–H groups in total. The number of aliphatic carboxylic acids is 1. The van der Waals surface area contributed by atoms with Crippen LogP contribution in [0.5, 0.6) is 0 Å². The highest BCUT2D eigenvalue weighted by Crippen LogP contribution is 2.22. The molecule has 1 fully saturated rings. The van der Waals surface area contributed by atoms with Crippen LogP contribution < -0.4 is 5.32 Å². The molecule has 0 bridgehead atoms. The molecule has 21 heavy (non-hydrogen) atoms. The highest BCUT2D eigenvalue weighted by atomic mass is 19.1. The Labute approximate surface area is 122 Å². The molecule has 5 nitrogen and oxygen atoms in total. The Morgan fingerprint density at radius 1 is 1.38 bits per heavy atom. The number of urea groups is 1. The molecule has 2 amide bonds. The van der Waals surface area contributed by atoms with Crippen LogP contribution in [-0.2, 0) is 11.3 Å². The number of hydrogen-bond acceptors (Lipinski definition) is 2. The molecule has 114 valence electrons. The molecule has 2 atom stereocenters. The molecule has 0 saturated carbocycles. The van der Waals surface area contributed by atoms with Crippen molar-refractivity contribution in [3.63, 3.8) is 0 Å². The second kappa shape index (κ2) is 6.56. The molecule has 1 aliphatic heterocycles. The molecular formula is C15H19FN2O3. The normalized spacial score (nSPS) is 21.9. The first-order valence-electron chi connectivity index (χ1n) is 6.99. The second-order valence-electron chi connectivity index (χ2n) is 5.46. The largest absolute Gasteiger partial charge is 0.480 e. The van der Waals surface area contributed by atoms with Crippen LogP contribution in [0, 0.1) is 11.7 Å². The van der Waals surface area contributed by atoms with Crippen molar-refractivity contribution in [2.24, 2.45) is 5.92 Å². The lowest BCUT2D eigenvalue weighted by molar-refractivity contribution is -0.143. The Hall–Kier alpha value is -2.11. The van der Waals surface area contributed by atoms with Crippen molar-refractivity contribution in [3.8, 4) is 0 Å². The number of halogens is 1. The maximum absolute atomic E-state index is 12.8. The van der Waals surface area contributed by atoms with Gasteiger partial charge in [-0.2, -0.15) is 0 Å². The predicted molar refractivity (Wildman–Crippen MR) is 75.2 cm³/mol. The quantitative estimate of drug-likeness (QED) is 0.898. The van der Waals surface area contributed by atoms with Crippen molar-refractivity contribution < 1.29 is 19.1 Å². The zero-order chi connectivity index (χ0) is 15.4. The number of carbonyl (C=O) groups is 2. The van der Waals surface area contributed by atoms with E-state index in [0.717, 1.165) is 12.0 Å². The molecule has 0 aliphatic carbocycles. The second-order valence-corrected chi connectivity index (χ2v) is 5.46. The average molecular weight is 294 g/mol. The number of carboxylic acid groups (broad SMARTS) is 1. The van der Waals surface area contributed by atoms with Gasteiger partial charge in [-0.15, -0.1) is 0 Å². The highest BCUT2D eigenvalue weighted by Gasteiger charge is 2.34. The van der Waals surface area contributed by atoms with E-state index in [4.69, 9.17) is 0 Å². The summed E-state index contributed by atoms with van der Waals surface area (Å²) >= 11 is 0. The summed E-state index contributed by atoms with van der Waals surface area (Å²) in [5, 5.41) is 11.9. The summed E-state index contributed by atoms with van der Waals surface area (Å²) in [6.07, 6.45) is 1.27. The van der Waals surface area contributed by atoms with Gasteiger partial charge in [0.25, 0.3) is 0 Å². The maximum atomic E-state index is 12.8. The minimum Gasteiger partial charge on any atom is -0.480 e. The Morgan fingerprint density at radius 3 is 2.67 bits per heavy atom. The fourth-order valence-electron chi connectivity index (χ4n) is 2.50. The van der Waals surface area contributed by atoms with Gasteiger partial charge < -0.3 is 15.3 Å². The van der Waals surface area contributed by atoms with Crippen LogP contribution in [0.1, 0.15) is 25.3 Å². The Kier molecular flexibility index (Phi) is 4.77. The SMILES string of the molecule is CC1CCN(C(=O)NCc2ccc(F)cc2)C(C(=O)O)C1. The number of carbonyl (C=O) groups excluding carboxylic acids is 1.